The molecule has 2 atom stereocenters. The van der Waals surface area contributed by atoms with Crippen LogP contribution in [0.5, 0.6) is 0 Å². The topological polar surface area (TPSA) is 145 Å². The Morgan fingerprint density at radius 2 is 2.00 bits per heavy atom. The molecule has 8 heteroatoms. The Kier molecular flexibility index (Phi) is 6.83. The number of carboxylic acid groups (broad SMARTS) is 1. The smallest absolute Gasteiger partial charge is 0.326 e. The average Bonchev–Trinajstić information content (AvgIpc) is 2.25. The van der Waals surface area contributed by atoms with E-state index in [2.05, 4.69) is 5.32 Å². The number of carboxylic acids is 1. The molecule has 8 nitrogen and oxygen atoms in total. The molecule has 6 N–H and O–H groups in total. The van der Waals surface area contributed by atoms with Gasteiger partial charge in [-0.2, -0.15) is 0 Å². The Bertz CT molecular complexity index is 290. The second kappa shape index (κ2) is 7.58. The molecule has 0 saturated carbocycles. The van der Waals surface area contributed by atoms with Gasteiger partial charge in [0.1, 0.15) is 12.1 Å². The van der Waals surface area contributed by atoms with Gasteiger partial charge >= 0.3 is 5.97 Å². The number of amides is 2. The summed E-state index contributed by atoms with van der Waals surface area (Å²) in [5, 5.41) is 11.0. The van der Waals surface area contributed by atoms with Crippen LogP contribution in [0.25, 0.3) is 0 Å². The highest BCUT2D eigenvalue weighted by atomic mass is 16.5. The van der Waals surface area contributed by atoms with Crippen molar-refractivity contribution in [3.63, 3.8) is 0 Å². The maximum Gasteiger partial charge on any atom is 0.326 e. The minimum absolute atomic E-state index is 0.0650. The molecule has 0 spiro atoms. The van der Waals surface area contributed by atoms with Gasteiger partial charge in [-0.3, -0.25) is 9.59 Å². The number of ether oxygens (including phenoxy) is 1. The van der Waals surface area contributed by atoms with Crippen molar-refractivity contribution in [1.82, 2.24) is 5.32 Å². The normalized spacial score (nSPS) is 13.8. The van der Waals surface area contributed by atoms with Crippen molar-refractivity contribution in [2.75, 3.05) is 13.7 Å². The first-order valence-corrected chi connectivity index (χ1v) is 4.96. The number of methoxy groups -OCH3 is 1. The fourth-order valence-electron chi connectivity index (χ4n) is 1.12. The summed E-state index contributed by atoms with van der Waals surface area (Å²) in [6, 6.07) is -1.18. The van der Waals surface area contributed by atoms with Gasteiger partial charge in [0.2, 0.25) is 5.91 Å². The Balaban J connectivity index is 4.38. The van der Waals surface area contributed by atoms with Crippen LogP contribution in [0.1, 0.15) is 12.8 Å². The second-order valence-electron chi connectivity index (χ2n) is 3.36. The van der Waals surface area contributed by atoms with E-state index in [1.54, 1.807) is 0 Å². The van der Waals surface area contributed by atoms with Crippen molar-refractivity contribution in [3.8, 4) is 0 Å². The number of carbonyl (C=O) groups excluding carboxylic acids is 2. The first-order chi connectivity index (χ1) is 7.92. The van der Waals surface area contributed by atoms with E-state index in [-0.39, 0.29) is 19.4 Å². The molecule has 0 rings (SSSR count). The zero-order chi connectivity index (χ0) is 13.4. The Labute approximate surface area is 98.3 Å². The molecule has 0 aliphatic heterocycles. The maximum absolute atomic E-state index is 11.5. The number of nitrogens with two attached hydrogens (primary N) is 2. The standard InChI is InChI=1S/C9H17N3O5/c1-17-6(4-10)8(14)12-5(9(15)16)2-3-7(11)13/h5-6H,2-4,10H2,1H3,(H2,11,13)(H,12,14)(H,15,16)/t5-,6?/m1/s1. The average molecular weight is 247 g/mol. The molecule has 0 radical (unpaired) electrons. The van der Waals surface area contributed by atoms with Gasteiger partial charge in [-0.1, -0.05) is 0 Å². The summed E-state index contributed by atoms with van der Waals surface area (Å²) < 4.78 is 4.75. The van der Waals surface area contributed by atoms with Crippen LogP contribution in [0.3, 0.4) is 0 Å². The van der Waals surface area contributed by atoms with Crippen LogP contribution in [0, 0.1) is 0 Å². The van der Waals surface area contributed by atoms with Gasteiger partial charge in [0.05, 0.1) is 0 Å². The van der Waals surface area contributed by atoms with Crippen LogP contribution in [0.2, 0.25) is 0 Å². The van der Waals surface area contributed by atoms with Crippen molar-refractivity contribution in [2.45, 2.75) is 25.0 Å². The summed E-state index contributed by atoms with van der Waals surface area (Å²) in [7, 11) is 1.29. The molecule has 0 fully saturated rings. The molecule has 0 aromatic carbocycles. The van der Waals surface area contributed by atoms with Crippen LogP contribution in [0.15, 0.2) is 0 Å². The number of hydrogen-bond donors (Lipinski definition) is 4. The third kappa shape index (κ3) is 5.83. The van der Waals surface area contributed by atoms with Gasteiger partial charge in [0.15, 0.2) is 0 Å². The molecule has 17 heavy (non-hydrogen) atoms. The summed E-state index contributed by atoms with van der Waals surface area (Å²) in [4.78, 5) is 32.8. The highest BCUT2D eigenvalue weighted by molar-refractivity contribution is 5.86. The monoisotopic (exact) mass is 247 g/mol. The van der Waals surface area contributed by atoms with E-state index in [4.69, 9.17) is 21.3 Å². The Hall–Kier alpha value is -1.67. The van der Waals surface area contributed by atoms with Crippen LogP contribution < -0.4 is 16.8 Å². The quantitative estimate of drug-likeness (QED) is 0.383. The largest absolute Gasteiger partial charge is 0.480 e. The summed E-state index contributed by atoms with van der Waals surface area (Å²) in [5.74, 6) is -2.51. The van der Waals surface area contributed by atoms with E-state index in [9.17, 15) is 14.4 Å². The molecule has 2 amide bonds. The lowest BCUT2D eigenvalue weighted by Crippen LogP contribution is -2.48. The van der Waals surface area contributed by atoms with E-state index in [1.807, 2.05) is 0 Å². The Morgan fingerprint density at radius 3 is 2.35 bits per heavy atom. The number of aliphatic carboxylic acids is 1. The van der Waals surface area contributed by atoms with Crippen molar-refractivity contribution in [2.24, 2.45) is 11.5 Å². The third-order valence-electron chi connectivity index (χ3n) is 2.09. The first-order valence-electron chi connectivity index (χ1n) is 4.96. The molecule has 0 aliphatic carbocycles. The second-order valence-corrected chi connectivity index (χ2v) is 3.36. The van der Waals surface area contributed by atoms with Gasteiger partial charge in [-0.05, 0) is 6.42 Å². The summed E-state index contributed by atoms with van der Waals surface area (Å²) in [6.45, 7) is -0.0650. The summed E-state index contributed by atoms with van der Waals surface area (Å²) in [5.41, 5.74) is 10.1. The fourth-order valence-corrected chi connectivity index (χ4v) is 1.12. The maximum atomic E-state index is 11.5. The minimum Gasteiger partial charge on any atom is -0.480 e. The van der Waals surface area contributed by atoms with Crippen molar-refractivity contribution < 1.29 is 24.2 Å². The summed E-state index contributed by atoms with van der Waals surface area (Å²) >= 11 is 0. The number of rotatable bonds is 8. The van der Waals surface area contributed by atoms with Gasteiger partial charge in [-0.25, -0.2) is 4.79 Å². The lowest BCUT2D eigenvalue weighted by atomic mass is 10.1. The van der Waals surface area contributed by atoms with Crippen LogP contribution in [0.4, 0.5) is 0 Å². The molecular weight excluding hydrogens is 230 g/mol. The molecular formula is C9H17N3O5. The lowest BCUT2D eigenvalue weighted by Gasteiger charge is -2.17. The molecule has 0 bridgehead atoms. The fraction of sp³-hybridized carbons (Fsp3) is 0.667. The van der Waals surface area contributed by atoms with Gasteiger partial charge < -0.3 is 26.6 Å². The zero-order valence-corrected chi connectivity index (χ0v) is 9.51. The molecule has 0 saturated heterocycles. The van der Waals surface area contributed by atoms with Gasteiger partial charge in [0, 0.05) is 20.1 Å². The zero-order valence-electron chi connectivity index (χ0n) is 9.51. The van der Waals surface area contributed by atoms with Crippen LogP contribution in [-0.4, -0.2) is 48.7 Å². The van der Waals surface area contributed by atoms with E-state index in [1.165, 1.54) is 7.11 Å². The number of nitrogens with one attached hydrogen (secondary N) is 1. The number of hydrogen-bond acceptors (Lipinski definition) is 5. The van der Waals surface area contributed by atoms with E-state index < -0.39 is 29.9 Å². The third-order valence-corrected chi connectivity index (χ3v) is 2.09. The Morgan fingerprint density at radius 1 is 1.41 bits per heavy atom. The molecule has 0 aliphatic rings. The van der Waals surface area contributed by atoms with E-state index in [0.29, 0.717) is 0 Å². The lowest BCUT2D eigenvalue weighted by molar-refractivity contribution is -0.144. The highest BCUT2D eigenvalue weighted by Gasteiger charge is 2.24. The number of carbonyl (C=O) groups is 3. The molecule has 0 aromatic rings. The van der Waals surface area contributed by atoms with Gasteiger partial charge in [0.25, 0.3) is 5.91 Å². The predicted molar refractivity (Wildman–Crippen MR) is 57.8 cm³/mol. The van der Waals surface area contributed by atoms with Gasteiger partial charge in [-0.15, -0.1) is 0 Å². The van der Waals surface area contributed by atoms with Crippen LogP contribution in [-0.2, 0) is 19.1 Å². The van der Waals surface area contributed by atoms with Crippen molar-refractivity contribution in [3.05, 3.63) is 0 Å². The van der Waals surface area contributed by atoms with Crippen LogP contribution >= 0.6 is 0 Å². The predicted octanol–water partition coefficient (Wildman–Crippen LogP) is -2.20. The highest BCUT2D eigenvalue weighted by Crippen LogP contribution is 1.99. The van der Waals surface area contributed by atoms with Crippen molar-refractivity contribution >= 4 is 17.8 Å². The number of primary amides is 1. The molecule has 0 aromatic heterocycles. The minimum atomic E-state index is -1.24. The summed E-state index contributed by atoms with van der Waals surface area (Å²) in [6.07, 6.45) is -1.11. The van der Waals surface area contributed by atoms with E-state index >= 15 is 0 Å². The first kappa shape index (κ1) is 15.3. The SMILES string of the molecule is COC(CN)C(=O)N[C@H](CCC(N)=O)C(=O)O. The molecule has 1 unspecified atom stereocenters. The molecule has 98 valence electrons. The van der Waals surface area contributed by atoms with E-state index in [0.717, 1.165) is 0 Å². The van der Waals surface area contributed by atoms with Crippen molar-refractivity contribution in [1.29, 1.82) is 0 Å². The molecule has 0 heterocycles.